The summed E-state index contributed by atoms with van der Waals surface area (Å²) >= 11 is 0. The number of carbonyl (C=O) groups excluding carboxylic acids is 1. The standard InChI is InChI=1S/C10H12F3NO3/c1-2-4-9(8(16)17)5-3-6-14(9)7(15)10(11,12)13/h2H,1,3-6H2,(H,16,17). The molecule has 1 aliphatic rings. The highest BCUT2D eigenvalue weighted by Crippen LogP contribution is 2.36. The molecule has 0 saturated carbocycles. The zero-order chi connectivity index (χ0) is 13.3. The van der Waals surface area contributed by atoms with E-state index in [0.29, 0.717) is 4.90 Å². The Bertz CT molecular complexity index is 353. The first-order chi connectivity index (χ1) is 7.75. The number of likely N-dealkylation sites (tertiary alicyclic amines) is 1. The highest BCUT2D eigenvalue weighted by Gasteiger charge is 2.55. The van der Waals surface area contributed by atoms with Crippen LogP contribution in [0.2, 0.25) is 0 Å². The molecule has 1 heterocycles. The van der Waals surface area contributed by atoms with E-state index in [4.69, 9.17) is 5.11 Å². The third-order valence-corrected chi connectivity index (χ3v) is 2.86. The number of carboxylic acids is 1. The predicted molar refractivity (Wildman–Crippen MR) is 52.2 cm³/mol. The molecule has 1 unspecified atom stereocenters. The maximum atomic E-state index is 12.3. The van der Waals surface area contributed by atoms with E-state index in [2.05, 4.69) is 6.58 Å². The molecule has 0 aliphatic carbocycles. The predicted octanol–water partition coefficient (Wildman–Crippen LogP) is 1.57. The van der Waals surface area contributed by atoms with Crippen molar-refractivity contribution < 1.29 is 27.9 Å². The highest BCUT2D eigenvalue weighted by atomic mass is 19.4. The number of hydrogen-bond acceptors (Lipinski definition) is 2. The van der Waals surface area contributed by atoms with Gasteiger partial charge in [0.2, 0.25) is 0 Å². The number of carbonyl (C=O) groups is 2. The molecule has 0 spiro atoms. The first-order valence-corrected chi connectivity index (χ1v) is 4.99. The summed E-state index contributed by atoms with van der Waals surface area (Å²) in [5.41, 5.74) is -1.80. The van der Waals surface area contributed by atoms with Crippen molar-refractivity contribution in [1.82, 2.24) is 4.90 Å². The molecule has 1 N–H and O–H groups in total. The SMILES string of the molecule is C=CCC1(C(=O)O)CCCN1C(=O)C(F)(F)F. The molecule has 1 aliphatic heterocycles. The number of rotatable bonds is 3. The van der Waals surface area contributed by atoms with Crippen molar-refractivity contribution in [3.8, 4) is 0 Å². The monoisotopic (exact) mass is 251 g/mol. The first kappa shape index (κ1) is 13.5. The van der Waals surface area contributed by atoms with Crippen molar-refractivity contribution in [3.63, 3.8) is 0 Å². The fraction of sp³-hybridized carbons (Fsp3) is 0.600. The summed E-state index contributed by atoms with van der Waals surface area (Å²) in [6, 6.07) is 0. The maximum absolute atomic E-state index is 12.3. The molecule has 1 atom stereocenters. The minimum Gasteiger partial charge on any atom is -0.479 e. The van der Waals surface area contributed by atoms with Gasteiger partial charge in [0.25, 0.3) is 0 Å². The minimum absolute atomic E-state index is 0.0101. The van der Waals surface area contributed by atoms with Crippen LogP contribution in [0.3, 0.4) is 0 Å². The Morgan fingerprint density at radius 2 is 2.06 bits per heavy atom. The number of aliphatic carboxylic acids is 1. The Balaban J connectivity index is 3.09. The van der Waals surface area contributed by atoms with Gasteiger partial charge in [-0.05, 0) is 19.3 Å². The van der Waals surface area contributed by atoms with Crippen LogP contribution in [-0.4, -0.2) is 40.1 Å². The molecule has 0 aromatic carbocycles. The maximum Gasteiger partial charge on any atom is 0.471 e. The minimum atomic E-state index is -5.05. The van der Waals surface area contributed by atoms with E-state index in [1.165, 1.54) is 6.08 Å². The molecule has 4 nitrogen and oxygen atoms in total. The molecule has 7 heteroatoms. The molecule has 17 heavy (non-hydrogen) atoms. The van der Waals surface area contributed by atoms with Crippen molar-refractivity contribution in [2.45, 2.75) is 31.0 Å². The summed E-state index contributed by atoms with van der Waals surface area (Å²) in [6.45, 7) is 3.13. The van der Waals surface area contributed by atoms with E-state index >= 15 is 0 Å². The van der Waals surface area contributed by atoms with Gasteiger partial charge in [0, 0.05) is 6.54 Å². The van der Waals surface area contributed by atoms with Gasteiger partial charge in [-0.15, -0.1) is 6.58 Å². The quantitative estimate of drug-likeness (QED) is 0.774. The summed E-state index contributed by atoms with van der Waals surface area (Å²) in [5, 5.41) is 9.07. The van der Waals surface area contributed by atoms with Gasteiger partial charge in [0.1, 0.15) is 5.54 Å². The van der Waals surface area contributed by atoms with Crippen LogP contribution >= 0.6 is 0 Å². The van der Waals surface area contributed by atoms with E-state index < -0.39 is 23.6 Å². The van der Waals surface area contributed by atoms with Crippen molar-refractivity contribution in [3.05, 3.63) is 12.7 Å². The van der Waals surface area contributed by atoms with Crippen molar-refractivity contribution in [2.24, 2.45) is 0 Å². The third kappa shape index (κ3) is 2.27. The van der Waals surface area contributed by atoms with E-state index in [1.54, 1.807) is 0 Å². The van der Waals surface area contributed by atoms with Gasteiger partial charge >= 0.3 is 18.1 Å². The molecular weight excluding hydrogens is 239 g/mol. The fourth-order valence-corrected chi connectivity index (χ4v) is 2.09. The van der Waals surface area contributed by atoms with Gasteiger partial charge < -0.3 is 10.0 Å². The smallest absolute Gasteiger partial charge is 0.471 e. The van der Waals surface area contributed by atoms with Crippen molar-refractivity contribution in [2.75, 3.05) is 6.54 Å². The fourth-order valence-electron chi connectivity index (χ4n) is 2.09. The lowest BCUT2D eigenvalue weighted by atomic mass is 9.92. The van der Waals surface area contributed by atoms with Crippen LogP contribution in [0, 0.1) is 0 Å². The second kappa shape index (κ2) is 4.38. The zero-order valence-corrected chi connectivity index (χ0v) is 8.96. The van der Waals surface area contributed by atoms with Crippen LogP contribution in [0.1, 0.15) is 19.3 Å². The number of alkyl halides is 3. The molecule has 0 radical (unpaired) electrons. The summed E-state index contributed by atoms with van der Waals surface area (Å²) < 4.78 is 37.0. The summed E-state index contributed by atoms with van der Waals surface area (Å²) in [6.07, 6.45) is -3.77. The molecule has 1 fully saturated rings. The molecule has 96 valence electrons. The largest absolute Gasteiger partial charge is 0.479 e. The van der Waals surface area contributed by atoms with E-state index in [0.717, 1.165) is 0 Å². The second-order valence-electron chi connectivity index (χ2n) is 3.89. The van der Waals surface area contributed by atoms with Crippen LogP contribution in [0.4, 0.5) is 13.2 Å². The van der Waals surface area contributed by atoms with E-state index in [1.807, 2.05) is 0 Å². The van der Waals surface area contributed by atoms with Gasteiger partial charge in [-0.1, -0.05) is 6.08 Å². The average molecular weight is 251 g/mol. The van der Waals surface area contributed by atoms with Gasteiger partial charge in [0.15, 0.2) is 0 Å². The lowest BCUT2D eigenvalue weighted by Gasteiger charge is -2.34. The molecular formula is C10H12F3NO3. The second-order valence-corrected chi connectivity index (χ2v) is 3.89. The Morgan fingerprint density at radius 1 is 1.47 bits per heavy atom. The Morgan fingerprint density at radius 3 is 2.47 bits per heavy atom. The van der Waals surface area contributed by atoms with Crippen LogP contribution in [0.25, 0.3) is 0 Å². The Kier molecular flexibility index (Phi) is 3.49. The van der Waals surface area contributed by atoms with Gasteiger partial charge in [-0.25, -0.2) is 4.79 Å². The summed E-state index contributed by atoms with van der Waals surface area (Å²) in [5.74, 6) is -3.52. The number of nitrogens with zero attached hydrogens (tertiary/aromatic N) is 1. The van der Waals surface area contributed by atoms with Gasteiger partial charge in [-0.3, -0.25) is 4.79 Å². The normalized spacial score (nSPS) is 24.8. The third-order valence-electron chi connectivity index (χ3n) is 2.86. The molecule has 0 aromatic heterocycles. The van der Waals surface area contributed by atoms with Crippen LogP contribution in [0.5, 0.6) is 0 Å². The molecule has 1 amide bonds. The Hall–Kier alpha value is -1.53. The van der Waals surface area contributed by atoms with Gasteiger partial charge in [0.05, 0.1) is 0 Å². The molecule has 1 saturated heterocycles. The number of carboxylic acid groups (broad SMARTS) is 1. The number of halogens is 3. The van der Waals surface area contributed by atoms with Crippen LogP contribution < -0.4 is 0 Å². The molecule has 0 bridgehead atoms. The van der Waals surface area contributed by atoms with Crippen molar-refractivity contribution >= 4 is 11.9 Å². The first-order valence-electron chi connectivity index (χ1n) is 4.99. The highest BCUT2D eigenvalue weighted by molar-refractivity contribution is 5.90. The summed E-state index contributed by atoms with van der Waals surface area (Å²) in [4.78, 5) is 22.7. The van der Waals surface area contributed by atoms with Crippen molar-refractivity contribution in [1.29, 1.82) is 0 Å². The Labute approximate surface area is 95.7 Å². The van der Waals surface area contributed by atoms with Crippen LogP contribution in [-0.2, 0) is 9.59 Å². The zero-order valence-electron chi connectivity index (χ0n) is 8.96. The lowest BCUT2D eigenvalue weighted by molar-refractivity contribution is -0.192. The summed E-state index contributed by atoms with van der Waals surface area (Å²) in [7, 11) is 0. The lowest BCUT2D eigenvalue weighted by Crippen LogP contribution is -2.56. The van der Waals surface area contributed by atoms with Gasteiger partial charge in [-0.2, -0.15) is 13.2 Å². The average Bonchev–Trinajstić information content (AvgIpc) is 2.60. The number of amides is 1. The number of hydrogen-bond donors (Lipinski definition) is 1. The molecule has 0 aromatic rings. The van der Waals surface area contributed by atoms with E-state index in [9.17, 15) is 22.8 Å². The topological polar surface area (TPSA) is 57.6 Å². The van der Waals surface area contributed by atoms with E-state index in [-0.39, 0.29) is 25.8 Å². The molecule has 1 rings (SSSR count). The van der Waals surface area contributed by atoms with Crippen LogP contribution in [0.15, 0.2) is 12.7 Å².